The summed E-state index contributed by atoms with van der Waals surface area (Å²) in [6.07, 6.45) is 13.0. The molecule has 3 aliphatic carbocycles. The van der Waals surface area contributed by atoms with Gasteiger partial charge in [0, 0.05) is 30.8 Å². The van der Waals surface area contributed by atoms with E-state index in [4.69, 9.17) is 10.8 Å². The molecule has 4 aliphatic rings. The average Bonchev–Trinajstić information content (AvgIpc) is 3.63. The van der Waals surface area contributed by atoms with Gasteiger partial charge in [0.15, 0.2) is 0 Å². The number of fused-ring (bicyclic) bond motifs is 1. The molecule has 3 N–H and O–H groups in total. The monoisotopic (exact) mass is 545 g/mol. The number of anilines is 1. The number of primary amides is 1. The summed E-state index contributed by atoms with van der Waals surface area (Å²) < 4.78 is 2.26. The highest BCUT2D eigenvalue weighted by Gasteiger charge is 2.42. The van der Waals surface area contributed by atoms with Gasteiger partial charge < -0.3 is 15.8 Å². The zero-order valence-electron chi connectivity index (χ0n) is 23.2. The van der Waals surface area contributed by atoms with Crippen LogP contribution < -0.4 is 11.1 Å². The molecule has 0 bridgehead atoms. The summed E-state index contributed by atoms with van der Waals surface area (Å²) in [5.74, 6) is 0.670. The topological polar surface area (TPSA) is 127 Å². The van der Waals surface area contributed by atoms with Crippen molar-refractivity contribution >= 4 is 29.7 Å². The zero-order chi connectivity index (χ0) is 28.0. The Labute approximate surface area is 234 Å². The van der Waals surface area contributed by atoms with E-state index >= 15 is 0 Å². The molecule has 1 aromatic heterocycles. The molecule has 9 nitrogen and oxygen atoms in total. The molecule has 3 amide bonds. The van der Waals surface area contributed by atoms with Gasteiger partial charge in [0.1, 0.15) is 12.3 Å². The van der Waals surface area contributed by atoms with E-state index in [-0.39, 0.29) is 24.0 Å². The largest absolute Gasteiger partial charge is 0.385 e. The predicted octanol–water partition coefficient (Wildman–Crippen LogP) is 4.55. The smallest absolute Gasteiger partial charge is 0.262 e. The first-order chi connectivity index (χ1) is 19.4. The van der Waals surface area contributed by atoms with Crippen LogP contribution in [0, 0.1) is 11.8 Å². The van der Waals surface area contributed by atoms with Crippen LogP contribution in [-0.2, 0) is 9.59 Å². The number of hydrogen-bond acceptors (Lipinski definition) is 6. The van der Waals surface area contributed by atoms with Crippen LogP contribution in [0.2, 0.25) is 0 Å². The van der Waals surface area contributed by atoms with Crippen LogP contribution in [0.1, 0.15) is 121 Å². The molecule has 6 rings (SSSR count). The average molecular weight is 546 g/mol. The third-order valence-corrected chi connectivity index (χ3v) is 9.56. The number of aromatic nitrogens is 2. The Morgan fingerprint density at radius 3 is 2.58 bits per heavy atom. The Morgan fingerprint density at radius 1 is 1.12 bits per heavy atom. The van der Waals surface area contributed by atoms with Crippen molar-refractivity contribution in [2.75, 3.05) is 11.9 Å². The van der Waals surface area contributed by atoms with Crippen molar-refractivity contribution in [3.63, 3.8) is 0 Å². The van der Waals surface area contributed by atoms with Gasteiger partial charge in [0.25, 0.3) is 11.8 Å². The van der Waals surface area contributed by atoms with E-state index in [2.05, 4.69) is 23.1 Å². The number of carbonyl (C=O) groups excluding carboxylic acids is 4. The minimum absolute atomic E-state index is 0.0256. The fourth-order valence-corrected chi connectivity index (χ4v) is 6.97. The lowest BCUT2D eigenvalue weighted by Gasteiger charge is -2.36. The predicted molar refractivity (Wildman–Crippen MR) is 150 cm³/mol. The molecule has 1 aromatic carbocycles. The van der Waals surface area contributed by atoms with Crippen LogP contribution in [0.25, 0.3) is 0 Å². The van der Waals surface area contributed by atoms with Crippen LogP contribution in [-0.4, -0.2) is 51.3 Å². The van der Waals surface area contributed by atoms with E-state index in [1.54, 1.807) is 18.2 Å². The first kappa shape index (κ1) is 26.7. The van der Waals surface area contributed by atoms with E-state index in [1.807, 2.05) is 0 Å². The van der Waals surface area contributed by atoms with E-state index in [1.165, 1.54) is 49.8 Å². The highest BCUT2D eigenvalue weighted by molar-refractivity contribution is 6.23. The molecule has 2 aromatic rings. The lowest BCUT2D eigenvalue weighted by molar-refractivity contribution is -0.122. The molecular weight excluding hydrogens is 506 g/mol. The summed E-state index contributed by atoms with van der Waals surface area (Å²) in [5.41, 5.74) is 9.62. The van der Waals surface area contributed by atoms with Crippen LogP contribution in [0.4, 0.5) is 5.69 Å². The number of nitrogens with one attached hydrogen (secondary N) is 1. The van der Waals surface area contributed by atoms with Gasteiger partial charge in [-0.3, -0.25) is 24.0 Å². The normalized spacial score (nSPS) is 26.8. The molecule has 3 saturated carbocycles. The summed E-state index contributed by atoms with van der Waals surface area (Å²) in [6, 6.07) is 4.39. The maximum atomic E-state index is 13.1. The number of nitrogens with zero attached hydrogens (tertiary/aromatic N) is 3. The van der Waals surface area contributed by atoms with Crippen LogP contribution in [0.3, 0.4) is 0 Å². The maximum absolute atomic E-state index is 13.1. The van der Waals surface area contributed by atoms with Crippen LogP contribution >= 0.6 is 0 Å². The number of imide groups is 1. The van der Waals surface area contributed by atoms with Crippen molar-refractivity contribution in [2.45, 2.75) is 95.1 Å². The van der Waals surface area contributed by atoms with Gasteiger partial charge in [-0.25, -0.2) is 0 Å². The van der Waals surface area contributed by atoms with Gasteiger partial charge >= 0.3 is 0 Å². The SMILES string of the molecule is CC1CCCCC1c1cn(C2CC(CNc3ccc4c(c3)C(=O)N(C(CCC=O)C(N)=O)C4=O)C2)nc1C1CC1. The Kier molecular flexibility index (Phi) is 7.23. The van der Waals surface area contributed by atoms with Gasteiger partial charge in [-0.1, -0.05) is 26.2 Å². The van der Waals surface area contributed by atoms with Gasteiger partial charge in [-0.05, 0) is 80.0 Å². The van der Waals surface area contributed by atoms with Crippen molar-refractivity contribution in [3.05, 3.63) is 46.8 Å². The number of benzene rings is 1. The highest BCUT2D eigenvalue weighted by Crippen LogP contribution is 2.48. The fraction of sp³-hybridized carbons (Fsp3) is 0.581. The van der Waals surface area contributed by atoms with Crippen molar-refractivity contribution < 1.29 is 19.2 Å². The summed E-state index contributed by atoms with van der Waals surface area (Å²) in [6.45, 7) is 3.18. The lowest BCUT2D eigenvalue weighted by atomic mass is 9.76. The van der Waals surface area contributed by atoms with Crippen molar-refractivity contribution in [3.8, 4) is 0 Å². The number of carbonyl (C=O) groups is 4. The molecule has 0 spiro atoms. The summed E-state index contributed by atoms with van der Waals surface area (Å²) >= 11 is 0. The number of amides is 3. The third-order valence-electron chi connectivity index (χ3n) is 9.56. The lowest BCUT2D eigenvalue weighted by Crippen LogP contribution is -2.47. The number of rotatable bonds is 11. The second-order valence-corrected chi connectivity index (χ2v) is 12.4. The third kappa shape index (κ3) is 4.95. The van der Waals surface area contributed by atoms with Crippen molar-refractivity contribution in [2.24, 2.45) is 17.6 Å². The molecule has 9 heteroatoms. The zero-order valence-corrected chi connectivity index (χ0v) is 23.2. The molecular formula is C31H39N5O4. The quantitative estimate of drug-likeness (QED) is 0.315. The maximum Gasteiger partial charge on any atom is 0.262 e. The van der Waals surface area contributed by atoms with Gasteiger partial charge in [0.2, 0.25) is 5.91 Å². The fourth-order valence-electron chi connectivity index (χ4n) is 6.97. The molecule has 40 heavy (non-hydrogen) atoms. The molecule has 3 unspecified atom stereocenters. The minimum Gasteiger partial charge on any atom is -0.385 e. The van der Waals surface area contributed by atoms with E-state index in [0.717, 1.165) is 35.9 Å². The summed E-state index contributed by atoms with van der Waals surface area (Å²) in [4.78, 5) is 49.6. The molecule has 1 aliphatic heterocycles. The number of aldehydes is 1. The van der Waals surface area contributed by atoms with E-state index < -0.39 is 23.8 Å². The Balaban J connectivity index is 1.07. The molecule has 2 heterocycles. The molecule has 0 radical (unpaired) electrons. The van der Waals surface area contributed by atoms with Crippen molar-refractivity contribution in [1.82, 2.24) is 14.7 Å². The summed E-state index contributed by atoms with van der Waals surface area (Å²) in [5, 5.41) is 8.57. The van der Waals surface area contributed by atoms with Crippen LogP contribution in [0.15, 0.2) is 24.4 Å². The molecule has 0 saturated heterocycles. The van der Waals surface area contributed by atoms with Gasteiger partial charge in [-0.15, -0.1) is 0 Å². The number of hydrogen-bond donors (Lipinski definition) is 2. The Morgan fingerprint density at radius 2 is 1.88 bits per heavy atom. The molecule has 212 valence electrons. The molecule has 3 fully saturated rings. The van der Waals surface area contributed by atoms with Gasteiger partial charge in [0.05, 0.1) is 22.9 Å². The standard InChI is InChI=1S/C31H39N5O4/c1-18-5-2-3-6-23(18)26-17-35(34-28(26)20-8-9-20)22-13-19(14-22)16-33-21-10-11-24-25(15-21)31(40)36(30(24)39)27(29(32)38)7-4-12-37/h10-12,15,17-20,22-23,27,33H,2-9,13-14,16H2,1H3,(H2,32,38). The molecule has 3 atom stereocenters. The highest BCUT2D eigenvalue weighted by atomic mass is 16.2. The first-order valence-electron chi connectivity index (χ1n) is 14.9. The minimum atomic E-state index is -1.13. The van der Waals surface area contributed by atoms with E-state index in [9.17, 15) is 19.2 Å². The van der Waals surface area contributed by atoms with E-state index in [0.29, 0.717) is 30.1 Å². The summed E-state index contributed by atoms with van der Waals surface area (Å²) in [7, 11) is 0. The van der Waals surface area contributed by atoms with Crippen LogP contribution in [0.5, 0.6) is 0 Å². The second-order valence-electron chi connectivity index (χ2n) is 12.4. The van der Waals surface area contributed by atoms with Crippen molar-refractivity contribution in [1.29, 1.82) is 0 Å². The first-order valence-corrected chi connectivity index (χ1v) is 14.9. The Bertz CT molecular complexity index is 1320. The van der Waals surface area contributed by atoms with Gasteiger partial charge in [-0.2, -0.15) is 5.10 Å². The second kappa shape index (κ2) is 10.8. The Hall–Kier alpha value is -3.49. The number of nitrogens with two attached hydrogens (primary N) is 1.